The number of halogens is 1. The van der Waals surface area contributed by atoms with Crippen LogP contribution >= 0.6 is 0 Å². The maximum atomic E-state index is 5.15. The van der Waals surface area contributed by atoms with Crippen molar-refractivity contribution in [2.24, 2.45) is 0 Å². The molecule has 11 heavy (non-hydrogen) atoms. The Morgan fingerprint density at radius 1 is 1.36 bits per heavy atom. The van der Waals surface area contributed by atoms with Crippen LogP contribution in [0.15, 0.2) is 0 Å². The monoisotopic (exact) mass is 230 g/mol. The summed E-state index contributed by atoms with van der Waals surface area (Å²) in [5.74, 6) is 0. The molecule has 2 aliphatic rings. The van der Waals surface area contributed by atoms with Gasteiger partial charge in [0.05, 0.1) is 6.10 Å². The van der Waals surface area contributed by atoms with E-state index in [0.717, 1.165) is 6.61 Å². The van der Waals surface area contributed by atoms with Crippen LogP contribution < -0.4 is 17.0 Å². The van der Waals surface area contributed by atoms with Crippen LogP contribution in [0, 0.1) is 6.42 Å². The fourth-order valence-corrected chi connectivity index (χ4v) is 0.739. The Balaban J connectivity index is 0. The van der Waals surface area contributed by atoms with Gasteiger partial charge >= 0.3 is 23.1 Å². The molecule has 2 rings (SSSR count). The van der Waals surface area contributed by atoms with Gasteiger partial charge < -0.3 is 28.1 Å². The predicted octanol–water partition coefficient (Wildman–Crippen LogP) is -1.21. The Morgan fingerprint density at radius 3 is 2.00 bits per heavy atom. The van der Waals surface area contributed by atoms with Gasteiger partial charge in [-0.15, -0.1) is 0 Å². The summed E-state index contributed by atoms with van der Waals surface area (Å²) in [6, 6.07) is 0. The molecular weight excluding hydrogens is 216 g/mol. The van der Waals surface area contributed by atoms with E-state index in [2.05, 4.69) is 13.3 Å². The molecular formula is C8H15BrMgO. The second kappa shape index (κ2) is 9.30. The van der Waals surface area contributed by atoms with Crippen LogP contribution in [-0.2, 0) is 4.74 Å². The van der Waals surface area contributed by atoms with Crippen molar-refractivity contribution in [1.82, 2.24) is 0 Å². The first-order chi connectivity index (χ1) is 4.39. The average molecular weight is 231 g/mol. The van der Waals surface area contributed by atoms with Crippen molar-refractivity contribution in [2.45, 2.75) is 38.7 Å². The fraction of sp³-hybridized carbons (Fsp3) is 0.875. The van der Waals surface area contributed by atoms with E-state index in [-0.39, 0.29) is 40.0 Å². The van der Waals surface area contributed by atoms with E-state index in [1.54, 1.807) is 0 Å². The van der Waals surface area contributed by atoms with Crippen molar-refractivity contribution in [1.29, 1.82) is 0 Å². The fourth-order valence-electron chi connectivity index (χ4n) is 0.739. The van der Waals surface area contributed by atoms with Crippen LogP contribution in [0.25, 0.3) is 0 Å². The summed E-state index contributed by atoms with van der Waals surface area (Å²) < 4.78 is 5.15. The summed E-state index contributed by atoms with van der Waals surface area (Å²) in [6.07, 6.45) is 8.08. The van der Waals surface area contributed by atoms with E-state index in [0.29, 0.717) is 6.10 Å². The summed E-state index contributed by atoms with van der Waals surface area (Å²) in [5, 5.41) is 0. The van der Waals surface area contributed by atoms with Crippen LogP contribution in [0.5, 0.6) is 0 Å². The summed E-state index contributed by atoms with van der Waals surface area (Å²) >= 11 is 0. The van der Waals surface area contributed by atoms with Gasteiger partial charge in [0.1, 0.15) is 0 Å². The van der Waals surface area contributed by atoms with Gasteiger partial charge in [0.2, 0.25) is 0 Å². The molecule has 0 aromatic rings. The summed E-state index contributed by atoms with van der Waals surface area (Å²) in [5.41, 5.74) is 0. The molecule has 0 aromatic heterocycles. The van der Waals surface area contributed by atoms with E-state index in [1.807, 2.05) is 0 Å². The molecule has 1 unspecified atom stereocenters. The number of hydrogen-bond donors (Lipinski definition) is 0. The Bertz CT molecular complexity index is 69.7. The second-order valence-corrected chi connectivity index (χ2v) is 2.69. The van der Waals surface area contributed by atoms with Gasteiger partial charge in [-0.3, -0.25) is 0 Å². The molecule has 1 saturated heterocycles. The third-order valence-corrected chi connectivity index (χ3v) is 1.45. The number of hydrogen-bond acceptors (Lipinski definition) is 1. The molecule has 0 amide bonds. The van der Waals surface area contributed by atoms with Crippen LogP contribution in [0.2, 0.25) is 0 Å². The molecule has 1 aliphatic carbocycles. The van der Waals surface area contributed by atoms with Gasteiger partial charge in [0.25, 0.3) is 0 Å². The van der Waals surface area contributed by atoms with Crippen molar-refractivity contribution < 1.29 is 21.7 Å². The maximum absolute atomic E-state index is 5.15. The van der Waals surface area contributed by atoms with Gasteiger partial charge in [-0.2, -0.15) is 0 Å². The summed E-state index contributed by atoms with van der Waals surface area (Å²) in [6.45, 7) is 3.11. The van der Waals surface area contributed by atoms with E-state index in [9.17, 15) is 0 Å². The zero-order valence-electron chi connectivity index (χ0n) is 7.18. The minimum atomic E-state index is 0. The second-order valence-electron chi connectivity index (χ2n) is 2.69. The molecule has 3 heteroatoms. The van der Waals surface area contributed by atoms with Crippen molar-refractivity contribution in [3.05, 3.63) is 6.42 Å². The normalized spacial score (nSPS) is 25.4. The Labute approximate surface area is 96.2 Å². The molecule has 2 fully saturated rings. The standard InChI is InChI=1S/C5H10O.C3H5.BrH.Mg/c1-5-3-2-4-6-5;1-2-3-1;;/h5H,2-4H2,1H3;1H,2-3H2;1H;/q;-1;;+2/p-1. The minimum absolute atomic E-state index is 0. The van der Waals surface area contributed by atoms with E-state index in [4.69, 9.17) is 4.74 Å². The van der Waals surface area contributed by atoms with Crippen molar-refractivity contribution >= 4 is 23.1 Å². The largest absolute Gasteiger partial charge is 2.00 e. The van der Waals surface area contributed by atoms with E-state index in [1.165, 1.54) is 25.7 Å². The van der Waals surface area contributed by atoms with E-state index >= 15 is 0 Å². The van der Waals surface area contributed by atoms with E-state index < -0.39 is 0 Å². The zero-order valence-corrected chi connectivity index (χ0v) is 10.2. The van der Waals surface area contributed by atoms with Crippen LogP contribution in [0.3, 0.4) is 0 Å². The zero-order chi connectivity index (χ0) is 6.53. The molecule has 1 aliphatic heterocycles. The number of ether oxygens (including phenoxy) is 1. The summed E-state index contributed by atoms with van der Waals surface area (Å²) in [7, 11) is 0. The van der Waals surface area contributed by atoms with Crippen LogP contribution in [0.1, 0.15) is 32.6 Å². The Hall–Kier alpha value is 1.21. The van der Waals surface area contributed by atoms with Gasteiger partial charge in [0.15, 0.2) is 0 Å². The first kappa shape index (κ1) is 14.7. The Morgan fingerprint density at radius 2 is 1.91 bits per heavy atom. The Kier molecular flexibility index (Phi) is 12.4. The van der Waals surface area contributed by atoms with Gasteiger partial charge in [-0.05, 0) is 19.8 Å². The molecule has 0 aromatic carbocycles. The van der Waals surface area contributed by atoms with Gasteiger partial charge in [-0.1, -0.05) is 0 Å². The summed E-state index contributed by atoms with van der Waals surface area (Å²) in [4.78, 5) is 0. The first-order valence-corrected chi connectivity index (χ1v) is 3.83. The molecule has 1 nitrogen and oxygen atoms in total. The van der Waals surface area contributed by atoms with Gasteiger partial charge in [-0.25, -0.2) is 12.8 Å². The maximum Gasteiger partial charge on any atom is 2.00 e. The topological polar surface area (TPSA) is 9.23 Å². The molecule has 1 saturated carbocycles. The minimum Gasteiger partial charge on any atom is -1.00 e. The first-order valence-electron chi connectivity index (χ1n) is 3.83. The van der Waals surface area contributed by atoms with Crippen molar-refractivity contribution in [3.63, 3.8) is 0 Å². The van der Waals surface area contributed by atoms with Crippen LogP contribution in [-0.4, -0.2) is 35.8 Å². The third kappa shape index (κ3) is 11.2. The molecule has 62 valence electrons. The molecule has 0 N–H and O–H groups in total. The van der Waals surface area contributed by atoms with Crippen molar-refractivity contribution in [2.75, 3.05) is 6.61 Å². The number of rotatable bonds is 0. The molecule has 1 atom stereocenters. The molecule has 0 bridgehead atoms. The average Bonchev–Trinajstić information content (AvgIpc) is 2.64. The predicted molar refractivity (Wildman–Crippen MR) is 43.9 cm³/mol. The SMILES string of the molecule is CC1CCCO1.[Br-].[CH-]1CC1.[Mg+2]. The molecule has 1 heterocycles. The quantitative estimate of drug-likeness (QED) is 0.376. The smallest absolute Gasteiger partial charge is 1.00 e. The third-order valence-electron chi connectivity index (χ3n) is 1.45. The van der Waals surface area contributed by atoms with Crippen molar-refractivity contribution in [3.8, 4) is 0 Å². The van der Waals surface area contributed by atoms with Crippen LogP contribution in [0.4, 0.5) is 0 Å². The molecule has 0 radical (unpaired) electrons. The molecule has 0 spiro atoms. The van der Waals surface area contributed by atoms with Gasteiger partial charge in [0, 0.05) is 6.61 Å².